The minimum atomic E-state index is -0.607. The highest BCUT2D eigenvalue weighted by Gasteiger charge is 2.34. The van der Waals surface area contributed by atoms with Crippen molar-refractivity contribution in [3.05, 3.63) is 29.1 Å². The lowest BCUT2D eigenvalue weighted by molar-refractivity contribution is 0.0127. The van der Waals surface area contributed by atoms with E-state index in [1.807, 2.05) is 47.6 Å². The van der Waals surface area contributed by atoms with Crippen LogP contribution in [0, 0.1) is 5.92 Å². The Morgan fingerprint density at radius 2 is 1.71 bits per heavy atom. The molecular formula is C25H33BrN4O4. The fourth-order valence-electron chi connectivity index (χ4n) is 4.40. The van der Waals surface area contributed by atoms with Crippen molar-refractivity contribution in [2.75, 3.05) is 13.1 Å². The largest absolute Gasteiger partial charge is 0.444 e. The van der Waals surface area contributed by atoms with Crippen LogP contribution in [-0.2, 0) is 9.47 Å². The van der Waals surface area contributed by atoms with Crippen LogP contribution in [0.3, 0.4) is 0 Å². The Morgan fingerprint density at radius 1 is 1.06 bits per heavy atom. The van der Waals surface area contributed by atoms with Crippen molar-refractivity contribution in [3.63, 3.8) is 0 Å². The number of piperidine rings is 1. The molecule has 0 aliphatic carbocycles. The minimum Gasteiger partial charge on any atom is -0.444 e. The predicted molar refractivity (Wildman–Crippen MR) is 135 cm³/mol. The van der Waals surface area contributed by atoms with Crippen LogP contribution >= 0.6 is 15.9 Å². The number of amides is 1. The summed E-state index contributed by atoms with van der Waals surface area (Å²) >= 11 is 3.68. The van der Waals surface area contributed by atoms with Gasteiger partial charge >= 0.3 is 12.2 Å². The van der Waals surface area contributed by atoms with Crippen LogP contribution in [0.4, 0.5) is 9.59 Å². The van der Waals surface area contributed by atoms with Crippen molar-refractivity contribution in [2.24, 2.45) is 5.92 Å². The van der Waals surface area contributed by atoms with Gasteiger partial charge in [-0.25, -0.2) is 19.1 Å². The molecule has 4 rings (SSSR count). The lowest BCUT2D eigenvalue weighted by Crippen LogP contribution is -2.45. The summed E-state index contributed by atoms with van der Waals surface area (Å²) < 4.78 is 15.8. The minimum absolute atomic E-state index is 0.0468. The van der Waals surface area contributed by atoms with Gasteiger partial charge in [-0.2, -0.15) is 0 Å². The molecule has 4 heterocycles. The molecule has 34 heavy (non-hydrogen) atoms. The fraction of sp³-hybridized carbons (Fsp3) is 0.560. The molecule has 0 saturated carbocycles. The van der Waals surface area contributed by atoms with Crippen LogP contribution in [0.5, 0.6) is 0 Å². The maximum absolute atomic E-state index is 12.8. The van der Waals surface area contributed by atoms with Crippen molar-refractivity contribution in [1.82, 2.24) is 19.0 Å². The Hall–Kier alpha value is -2.55. The van der Waals surface area contributed by atoms with Gasteiger partial charge in [-0.3, -0.25) is 0 Å². The summed E-state index contributed by atoms with van der Waals surface area (Å²) in [5, 5.41) is 1.81. The first-order valence-corrected chi connectivity index (χ1v) is 12.4. The van der Waals surface area contributed by atoms with Gasteiger partial charge in [-0.05, 0) is 75.9 Å². The zero-order valence-corrected chi connectivity index (χ0v) is 22.5. The van der Waals surface area contributed by atoms with E-state index in [4.69, 9.17) is 9.47 Å². The van der Waals surface area contributed by atoms with Crippen LogP contribution < -0.4 is 0 Å². The molecule has 9 heteroatoms. The third-order valence-corrected chi connectivity index (χ3v) is 6.60. The summed E-state index contributed by atoms with van der Waals surface area (Å²) in [7, 11) is 0. The first-order chi connectivity index (χ1) is 15.7. The van der Waals surface area contributed by atoms with Gasteiger partial charge in [-0.15, -0.1) is 0 Å². The molecular weight excluding hydrogens is 500 g/mol. The van der Waals surface area contributed by atoms with Crippen molar-refractivity contribution in [1.29, 1.82) is 0 Å². The molecule has 1 aliphatic heterocycles. The first kappa shape index (κ1) is 24.6. The number of carbonyl (C=O) groups excluding carboxylic acids is 2. The Labute approximate surface area is 208 Å². The normalized spacial score (nSPS) is 19.6. The van der Waals surface area contributed by atoms with Crippen molar-refractivity contribution >= 4 is 50.1 Å². The molecule has 1 amide bonds. The summed E-state index contributed by atoms with van der Waals surface area (Å²) in [6.45, 7) is 14.6. The Balaban J connectivity index is 1.76. The molecule has 0 aromatic carbocycles. The number of nitrogens with zero attached hydrogens (tertiary/aromatic N) is 4. The standard InChI is InChI=1S/C25H33BrN4O4/c1-15-8-10-28(22(31)33-24(2,3)4)14-19(15)30-13-18(26)17-12-27-21-16(20(17)30)9-11-29(21)23(32)34-25(5,6)7/h9,11-13,15,19H,8,10,14H2,1-7H3/t15-,19+/m1/s1. The second-order valence-electron chi connectivity index (χ2n) is 11.1. The van der Waals surface area contributed by atoms with Crippen molar-refractivity contribution < 1.29 is 19.1 Å². The zero-order valence-electron chi connectivity index (χ0n) is 20.9. The highest BCUT2D eigenvalue weighted by Crippen LogP contribution is 2.38. The van der Waals surface area contributed by atoms with Gasteiger partial charge in [0.15, 0.2) is 5.65 Å². The van der Waals surface area contributed by atoms with Gasteiger partial charge in [0.2, 0.25) is 0 Å². The highest BCUT2D eigenvalue weighted by atomic mass is 79.9. The summed E-state index contributed by atoms with van der Waals surface area (Å²) in [4.78, 5) is 31.9. The second kappa shape index (κ2) is 8.59. The molecule has 0 bridgehead atoms. The van der Waals surface area contributed by atoms with Crippen molar-refractivity contribution in [3.8, 4) is 0 Å². The first-order valence-electron chi connectivity index (χ1n) is 11.6. The topological polar surface area (TPSA) is 78.6 Å². The summed E-state index contributed by atoms with van der Waals surface area (Å²) in [5.74, 6) is 0.345. The molecule has 0 N–H and O–H groups in total. The third kappa shape index (κ3) is 4.80. The quantitative estimate of drug-likeness (QED) is 0.364. The van der Waals surface area contributed by atoms with Gasteiger partial charge in [0.05, 0.1) is 11.6 Å². The monoisotopic (exact) mass is 532 g/mol. The van der Waals surface area contributed by atoms with Crippen molar-refractivity contribution in [2.45, 2.75) is 72.1 Å². The van der Waals surface area contributed by atoms with E-state index >= 15 is 0 Å². The molecule has 2 atom stereocenters. The Bertz CT molecular complexity index is 1250. The number of halogens is 1. The summed E-state index contributed by atoms with van der Waals surface area (Å²) in [6.07, 6.45) is 5.65. The van der Waals surface area contributed by atoms with Crippen LogP contribution in [0.15, 0.2) is 29.1 Å². The number of fused-ring (bicyclic) bond motifs is 3. The number of aromatic nitrogens is 3. The third-order valence-electron chi connectivity index (χ3n) is 5.97. The summed E-state index contributed by atoms with van der Waals surface area (Å²) in [5.41, 5.74) is 0.369. The number of rotatable bonds is 1. The molecule has 184 valence electrons. The van der Waals surface area contributed by atoms with E-state index < -0.39 is 17.3 Å². The molecule has 1 aliphatic rings. The zero-order chi connectivity index (χ0) is 25.0. The molecule has 0 spiro atoms. The number of hydrogen-bond donors (Lipinski definition) is 0. The summed E-state index contributed by atoms with van der Waals surface area (Å²) in [6, 6.07) is 1.95. The Morgan fingerprint density at radius 3 is 2.35 bits per heavy atom. The van der Waals surface area contributed by atoms with E-state index in [0.29, 0.717) is 24.7 Å². The van der Waals surface area contributed by atoms with Gasteiger partial charge in [-0.1, -0.05) is 6.92 Å². The number of hydrogen-bond acceptors (Lipinski definition) is 5. The van der Waals surface area contributed by atoms with E-state index in [2.05, 4.69) is 38.6 Å². The Kier molecular flexibility index (Phi) is 6.21. The second-order valence-corrected chi connectivity index (χ2v) is 11.9. The average Bonchev–Trinajstić information content (AvgIpc) is 3.27. The molecule has 8 nitrogen and oxygen atoms in total. The lowest BCUT2D eigenvalue weighted by atomic mass is 9.93. The highest BCUT2D eigenvalue weighted by molar-refractivity contribution is 9.10. The molecule has 0 unspecified atom stereocenters. The molecule has 1 saturated heterocycles. The average molecular weight is 533 g/mol. The molecule has 3 aromatic heterocycles. The molecule has 0 radical (unpaired) electrons. The van der Waals surface area contributed by atoms with E-state index in [1.165, 1.54) is 4.57 Å². The van der Waals surface area contributed by atoms with Gasteiger partial charge in [0.1, 0.15) is 11.2 Å². The van der Waals surface area contributed by atoms with Crippen LogP contribution in [0.1, 0.15) is 60.9 Å². The maximum atomic E-state index is 12.8. The number of carbonyl (C=O) groups is 2. The van der Waals surface area contributed by atoms with E-state index in [-0.39, 0.29) is 12.1 Å². The van der Waals surface area contributed by atoms with Gasteiger partial charge in [0, 0.05) is 46.9 Å². The van der Waals surface area contributed by atoms with E-state index in [9.17, 15) is 9.59 Å². The van der Waals surface area contributed by atoms with E-state index in [1.54, 1.807) is 17.3 Å². The van der Waals surface area contributed by atoms with Crippen LogP contribution in [0.2, 0.25) is 0 Å². The van der Waals surface area contributed by atoms with E-state index in [0.717, 1.165) is 27.2 Å². The van der Waals surface area contributed by atoms with Gasteiger partial charge in [0.25, 0.3) is 0 Å². The smallest absolute Gasteiger partial charge is 0.420 e. The van der Waals surface area contributed by atoms with Crippen LogP contribution in [-0.4, -0.2) is 55.5 Å². The number of likely N-dealkylation sites (tertiary alicyclic amines) is 1. The number of ether oxygens (including phenoxy) is 2. The lowest BCUT2D eigenvalue weighted by Gasteiger charge is -2.38. The molecule has 3 aromatic rings. The maximum Gasteiger partial charge on any atom is 0.420 e. The van der Waals surface area contributed by atoms with Gasteiger partial charge < -0.3 is 18.9 Å². The predicted octanol–water partition coefficient (Wildman–Crippen LogP) is 6.35. The fourth-order valence-corrected chi connectivity index (χ4v) is 4.92. The van der Waals surface area contributed by atoms with Crippen LogP contribution in [0.25, 0.3) is 21.9 Å². The SMILES string of the molecule is C[C@@H]1CCN(C(=O)OC(C)(C)C)C[C@@H]1n1cc(Br)c2cnc3c(ccn3C(=O)OC(C)(C)C)c21. The number of pyridine rings is 1. The molecule has 1 fully saturated rings.